The third-order valence-electron chi connectivity index (χ3n) is 2.43. The Morgan fingerprint density at radius 3 is 2.50 bits per heavy atom. The van der Waals surface area contributed by atoms with Crippen LogP contribution in [0.25, 0.3) is 0 Å². The molecule has 0 amide bonds. The summed E-state index contributed by atoms with van der Waals surface area (Å²) in [4.78, 5) is 4.36. The van der Waals surface area contributed by atoms with Gasteiger partial charge in [0, 0.05) is 17.3 Å². The van der Waals surface area contributed by atoms with Crippen molar-refractivity contribution < 1.29 is 4.74 Å². The van der Waals surface area contributed by atoms with Crippen molar-refractivity contribution >= 4 is 0 Å². The highest BCUT2D eigenvalue weighted by atomic mass is 16.5. The monoisotopic (exact) mass is 222 g/mol. The van der Waals surface area contributed by atoms with E-state index in [1.807, 2.05) is 13.0 Å². The minimum absolute atomic E-state index is 0.174. The highest BCUT2D eigenvalue weighted by Crippen LogP contribution is 2.12. The summed E-state index contributed by atoms with van der Waals surface area (Å²) in [7, 11) is 1.64. The smallest absolute Gasteiger partial charge is 0.213 e. The summed E-state index contributed by atoms with van der Waals surface area (Å²) in [5.41, 5.74) is 2.50. The van der Waals surface area contributed by atoms with Crippen LogP contribution in [0.1, 0.15) is 32.0 Å². The fourth-order valence-corrected chi connectivity index (χ4v) is 1.52. The SMILES string of the molecule is COc1ccc(CCNC(C)(C)C)c(C)n1. The number of nitrogens with one attached hydrogen (secondary N) is 1. The molecule has 0 bridgehead atoms. The number of ether oxygens (including phenoxy) is 1. The highest BCUT2D eigenvalue weighted by molar-refractivity contribution is 5.25. The van der Waals surface area contributed by atoms with Gasteiger partial charge in [0.05, 0.1) is 7.11 Å². The van der Waals surface area contributed by atoms with Crippen LogP contribution in [-0.4, -0.2) is 24.2 Å². The summed E-state index contributed by atoms with van der Waals surface area (Å²) in [6, 6.07) is 4.00. The number of aromatic nitrogens is 1. The first-order chi connectivity index (χ1) is 7.42. The third-order valence-corrected chi connectivity index (χ3v) is 2.43. The molecule has 1 rings (SSSR count). The first kappa shape index (κ1) is 13.0. The van der Waals surface area contributed by atoms with Crippen LogP contribution in [0, 0.1) is 6.92 Å². The minimum atomic E-state index is 0.174. The zero-order valence-electron chi connectivity index (χ0n) is 10.9. The molecule has 0 aliphatic carbocycles. The van der Waals surface area contributed by atoms with Crippen LogP contribution < -0.4 is 10.1 Å². The summed E-state index contributed by atoms with van der Waals surface area (Å²) in [5.74, 6) is 0.685. The van der Waals surface area contributed by atoms with E-state index in [1.54, 1.807) is 7.11 Å². The molecule has 0 aliphatic rings. The average molecular weight is 222 g/mol. The Labute approximate surface area is 98.2 Å². The number of hydrogen-bond donors (Lipinski definition) is 1. The standard InChI is InChI=1S/C13H22N2O/c1-10-11(6-7-12(15-10)16-5)8-9-14-13(2,3)4/h6-7,14H,8-9H2,1-5H3. The van der Waals surface area contributed by atoms with Crippen molar-refractivity contribution in [3.63, 3.8) is 0 Å². The Balaban J connectivity index is 2.55. The van der Waals surface area contributed by atoms with Gasteiger partial charge in [-0.2, -0.15) is 0 Å². The molecule has 0 fully saturated rings. The topological polar surface area (TPSA) is 34.1 Å². The van der Waals surface area contributed by atoms with Crippen LogP contribution in [-0.2, 0) is 6.42 Å². The fourth-order valence-electron chi connectivity index (χ4n) is 1.52. The zero-order valence-corrected chi connectivity index (χ0v) is 10.9. The molecule has 0 spiro atoms. The van der Waals surface area contributed by atoms with Gasteiger partial charge in [0.2, 0.25) is 5.88 Å². The average Bonchev–Trinajstić information content (AvgIpc) is 2.18. The predicted molar refractivity (Wildman–Crippen MR) is 67.0 cm³/mol. The first-order valence-corrected chi connectivity index (χ1v) is 5.68. The normalized spacial score (nSPS) is 11.6. The van der Waals surface area contributed by atoms with Crippen LogP contribution in [0.3, 0.4) is 0 Å². The van der Waals surface area contributed by atoms with Crippen LogP contribution in [0.4, 0.5) is 0 Å². The summed E-state index contributed by atoms with van der Waals surface area (Å²) >= 11 is 0. The van der Waals surface area contributed by atoms with E-state index in [1.165, 1.54) is 5.56 Å². The largest absolute Gasteiger partial charge is 0.481 e. The number of rotatable bonds is 4. The van der Waals surface area contributed by atoms with Gasteiger partial charge in [-0.3, -0.25) is 0 Å². The van der Waals surface area contributed by atoms with Gasteiger partial charge in [-0.15, -0.1) is 0 Å². The molecule has 1 heterocycles. The van der Waals surface area contributed by atoms with E-state index in [2.05, 4.69) is 37.1 Å². The van der Waals surface area contributed by atoms with Crippen LogP contribution in [0.5, 0.6) is 5.88 Å². The molecule has 0 atom stereocenters. The van der Waals surface area contributed by atoms with E-state index in [0.29, 0.717) is 5.88 Å². The summed E-state index contributed by atoms with van der Waals surface area (Å²) < 4.78 is 5.08. The van der Waals surface area contributed by atoms with Gasteiger partial charge in [-0.25, -0.2) is 4.98 Å². The predicted octanol–water partition coefficient (Wildman–Crippen LogP) is 2.33. The second-order valence-electron chi connectivity index (χ2n) is 5.02. The number of pyridine rings is 1. The van der Waals surface area contributed by atoms with E-state index in [-0.39, 0.29) is 5.54 Å². The van der Waals surface area contributed by atoms with Crippen LogP contribution in [0.15, 0.2) is 12.1 Å². The highest BCUT2D eigenvalue weighted by Gasteiger charge is 2.08. The Kier molecular flexibility index (Phi) is 4.30. The van der Waals surface area contributed by atoms with E-state index in [4.69, 9.17) is 4.74 Å². The van der Waals surface area contributed by atoms with Crippen molar-refractivity contribution in [3.05, 3.63) is 23.4 Å². The molecule has 90 valence electrons. The second kappa shape index (κ2) is 5.30. The van der Waals surface area contributed by atoms with Crippen molar-refractivity contribution in [3.8, 4) is 5.88 Å². The number of nitrogens with zero attached hydrogens (tertiary/aromatic N) is 1. The van der Waals surface area contributed by atoms with Gasteiger partial charge in [0.15, 0.2) is 0 Å². The van der Waals surface area contributed by atoms with Crippen molar-refractivity contribution in [2.45, 2.75) is 39.7 Å². The van der Waals surface area contributed by atoms with Gasteiger partial charge in [0.1, 0.15) is 0 Å². The van der Waals surface area contributed by atoms with Gasteiger partial charge in [0.25, 0.3) is 0 Å². The lowest BCUT2D eigenvalue weighted by Gasteiger charge is -2.20. The Morgan fingerprint density at radius 2 is 2.00 bits per heavy atom. The van der Waals surface area contributed by atoms with E-state index >= 15 is 0 Å². The maximum absolute atomic E-state index is 5.08. The second-order valence-corrected chi connectivity index (χ2v) is 5.02. The quantitative estimate of drug-likeness (QED) is 0.849. The molecule has 0 aliphatic heterocycles. The number of aryl methyl sites for hydroxylation is 1. The van der Waals surface area contributed by atoms with Crippen molar-refractivity contribution in [2.75, 3.05) is 13.7 Å². The van der Waals surface area contributed by atoms with Crippen molar-refractivity contribution in [1.82, 2.24) is 10.3 Å². The summed E-state index contributed by atoms with van der Waals surface area (Å²) in [6.07, 6.45) is 1.00. The molecule has 3 nitrogen and oxygen atoms in total. The molecule has 3 heteroatoms. The van der Waals surface area contributed by atoms with E-state index < -0.39 is 0 Å². The Morgan fingerprint density at radius 1 is 1.31 bits per heavy atom. The molecule has 0 radical (unpaired) electrons. The molecule has 0 saturated heterocycles. The molecular weight excluding hydrogens is 200 g/mol. The first-order valence-electron chi connectivity index (χ1n) is 5.68. The molecule has 0 aromatic carbocycles. The lowest BCUT2D eigenvalue weighted by molar-refractivity contribution is 0.396. The zero-order chi connectivity index (χ0) is 12.2. The number of methoxy groups -OCH3 is 1. The maximum Gasteiger partial charge on any atom is 0.213 e. The Bertz CT molecular complexity index is 342. The van der Waals surface area contributed by atoms with Gasteiger partial charge in [-0.05, 0) is 46.2 Å². The molecular formula is C13H22N2O. The van der Waals surface area contributed by atoms with Crippen LogP contribution in [0.2, 0.25) is 0 Å². The molecule has 1 N–H and O–H groups in total. The van der Waals surface area contributed by atoms with E-state index in [9.17, 15) is 0 Å². The molecule has 0 saturated carbocycles. The lowest BCUT2D eigenvalue weighted by atomic mass is 10.1. The number of hydrogen-bond acceptors (Lipinski definition) is 3. The van der Waals surface area contributed by atoms with Crippen LogP contribution >= 0.6 is 0 Å². The van der Waals surface area contributed by atoms with E-state index in [0.717, 1.165) is 18.7 Å². The van der Waals surface area contributed by atoms with Crippen molar-refractivity contribution in [2.24, 2.45) is 0 Å². The lowest BCUT2D eigenvalue weighted by Crippen LogP contribution is -2.37. The molecule has 0 unspecified atom stereocenters. The van der Waals surface area contributed by atoms with Gasteiger partial charge >= 0.3 is 0 Å². The Hall–Kier alpha value is -1.09. The van der Waals surface area contributed by atoms with Gasteiger partial charge < -0.3 is 10.1 Å². The maximum atomic E-state index is 5.08. The molecule has 16 heavy (non-hydrogen) atoms. The van der Waals surface area contributed by atoms with Crippen molar-refractivity contribution in [1.29, 1.82) is 0 Å². The summed E-state index contributed by atoms with van der Waals surface area (Å²) in [6.45, 7) is 9.51. The third kappa shape index (κ3) is 4.19. The minimum Gasteiger partial charge on any atom is -0.481 e. The fraction of sp³-hybridized carbons (Fsp3) is 0.615. The molecule has 1 aromatic rings. The summed E-state index contributed by atoms with van der Waals surface area (Å²) in [5, 5.41) is 3.47. The molecule has 1 aromatic heterocycles. The van der Waals surface area contributed by atoms with Gasteiger partial charge in [-0.1, -0.05) is 6.07 Å².